The lowest BCUT2D eigenvalue weighted by atomic mass is 9.52. The minimum Gasteiger partial charge on any atom is -0.310 e. The number of hydrogen-bond donors (Lipinski definition) is 0. The third-order valence-corrected chi connectivity index (χ3v) is 16.9. The number of anilines is 3. The van der Waals surface area contributed by atoms with E-state index in [1.807, 2.05) is 0 Å². The van der Waals surface area contributed by atoms with Crippen LogP contribution in [-0.4, -0.2) is 0 Å². The minimum absolute atomic E-state index is 0.133. The molecule has 0 aliphatic heterocycles. The normalized spacial score (nSPS) is 14.9. The zero-order valence-corrected chi connectivity index (χ0v) is 40.3. The van der Waals surface area contributed by atoms with Gasteiger partial charge in [-0.2, -0.15) is 0 Å². The van der Waals surface area contributed by atoms with Gasteiger partial charge in [0.25, 0.3) is 0 Å². The first-order chi connectivity index (χ1) is 35.5. The van der Waals surface area contributed by atoms with Crippen molar-refractivity contribution in [2.75, 3.05) is 4.90 Å². The van der Waals surface area contributed by atoms with Crippen LogP contribution in [0.15, 0.2) is 261 Å². The van der Waals surface area contributed by atoms with Gasteiger partial charge >= 0.3 is 0 Å². The maximum atomic E-state index is 2.48. The Morgan fingerprint density at radius 3 is 1.11 bits per heavy atom. The molecular formula is C71H49N. The van der Waals surface area contributed by atoms with E-state index in [1.165, 1.54) is 111 Å². The molecule has 1 heteroatoms. The average Bonchev–Trinajstić information content (AvgIpc) is 4.01. The summed E-state index contributed by atoms with van der Waals surface area (Å²) in [5, 5.41) is 0. The third-order valence-electron chi connectivity index (χ3n) is 16.9. The van der Waals surface area contributed by atoms with Crippen molar-refractivity contribution in [3.05, 3.63) is 316 Å². The van der Waals surface area contributed by atoms with Gasteiger partial charge in [0.1, 0.15) is 0 Å². The number of fused-ring (bicyclic) bond motifs is 19. The lowest BCUT2D eigenvalue weighted by molar-refractivity contribution is 0.633. The van der Waals surface area contributed by atoms with E-state index in [-0.39, 0.29) is 5.41 Å². The van der Waals surface area contributed by atoms with E-state index in [4.69, 9.17) is 0 Å². The molecule has 1 nitrogen and oxygen atoms in total. The Balaban J connectivity index is 0.913. The molecule has 0 aromatic heterocycles. The summed E-state index contributed by atoms with van der Waals surface area (Å²) in [6.07, 6.45) is 0. The molecule has 338 valence electrons. The fourth-order valence-corrected chi connectivity index (χ4v) is 14.0. The number of nitrogens with zero attached hydrogens (tertiary/aromatic N) is 1. The van der Waals surface area contributed by atoms with Gasteiger partial charge in [0.2, 0.25) is 0 Å². The van der Waals surface area contributed by atoms with Crippen molar-refractivity contribution in [2.24, 2.45) is 0 Å². The Morgan fingerprint density at radius 2 is 0.583 bits per heavy atom. The molecule has 2 spiro atoms. The van der Waals surface area contributed by atoms with Gasteiger partial charge in [-0.05, 0) is 154 Å². The minimum atomic E-state index is -0.529. The zero-order valence-electron chi connectivity index (χ0n) is 40.3. The van der Waals surface area contributed by atoms with Crippen LogP contribution in [-0.2, 0) is 16.2 Å². The molecule has 4 aliphatic carbocycles. The molecule has 72 heavy (non-hydrogen) atoms. The smallest absolute Gasteiger partial charge is 0.0720 e. The zero-order chi connectivity index (χ0) is 47.8. The highest BCUT2D eigenvalue weighted by atomic mass is 15.1. The van der Waals surface area contributed by atoms with Crippen LogP contribution in [0.3, 0.4) is 0 Å². The molecule has 15 rings (SSSR count). The summed E-state index contributed by atoms with van der Waals surface area (Å²) in [4.78, 5) is 2.46. The van der Waals surface area contributed by atoms with Gasteiger partial charge in [0.05, 0.1) is 10.8 Å². The first-order valence-electron chi connectivity index (χ1n) is 25.4. The van der Waals surface area contributed by atoms with Crippen LogP contribution in [0.5, 0.6) is 0 Å². The largest absolute Gasteiger partial charge is 0.310 e. The Kier molecular flexibility index (Phi) is 8.62. The molecule has 11 aromatic rings. The lowest BCUT2D eigenvalue weighted by Gasteiger charge is -2.48. The first-order valence-corrected chi connectivity index (χ1v) is 25.4. The van der Waals surface area contributed by atoms with Gasteiger partial charge in [-0.25, -0.2) is 0 Å². The van der Waals surface area contributed by atoms with Crippen molar-refractivity contribution in [2.45, 2.75) is 30.1 Å². The molecule has 0 radical (unpaired) electrons. The van der Waals surface area contributed by atoms with Gasteiger partial charge < -0.3 is 4.90 Å². The van der Waals surface area contributed by atoms with E-state index in [1.54, 1.807) is 0 Å². The summed E-state index contributed by atoms with van der Waals surface area (Å²) in [5.74, 6) is 0. The van der Waals surface area contributed by atoms with Crippen LogP contribution < -0.4 is 4.90 Å². The first kappa shape index (κ1) is 41.0. The molecular weight excluding hydrogens is 867 g/mol. The lowest BCUT2D eigenvalue weighted by Crippen LogP contribution is -2.43. The maximum Gasteiger partial charge on any atom is 0.0720 e. The average molecular weight is 916 g/mol. The Labute approximate surface area is 422 Å². The van der Waals surface area contributed by atoms with Crippen molar-refractivity contribution >= 4 is 17.1 Å². The van der Waals surface area contributed by atoms with Crippen LogP contribution in [0.2, 0.25) is 0 Å². The molecule has 0 unspecified atom stereocenters. The molecule has 0 N–H and O–H groups in total. The molecule has 0 saturated heterocycles. The monoisotopic (exact) mass is 915 g/mol. The highest BCUT2D eigenvalue weighted by Crippen LogP contribution is 2.67. The second-order valence-corrected chi connectivity index (χ2v) is 20.7. The fraction of sp³-hybridized carbons (Fsp3) is 0.0704. The van der Waals surface area contributed by atoms with E-state index >= 15 is 0 Å². The van der Waals surface area contributed by atoms with Crippen LogP contribution in [0.25, 0.3) is 55.6 Å². The van der Waals surface area contributed by atoms with Crippen LogP contribution in [0, 0.1) is 0 Å². The van der Waals surface area contributed by atoms with E-state index in [2.05, 4.69) is 280 Å². The Hall–Kier alpha value is -8.78. The predicted molar refractivity (Wildman–Crippen MR) is 298 cm³/mol. The molecule has 0 amide bonds. The quantitative estimate of drug-likeness (QED) is 0.166. The standard InChI is InChI=1S/C71H49N/c1-69(2)59-30-10-6-26-53(59)57-40-39-52(45-68(57)69)72(50-24-18-22-47(42-50)46-20-4-3-5-21-46)51-25-19-23-48(43-51)49-38-41-63-58(44-49)56-29-9-13-33-62(56)71(63)66-36-16-14-34-64(66)70(65-35-15-17-37-67(65)71)60-31-11-7-27-54(60)55-28-8-12-32-61(55)70/h3-45H,1-2H3. The van der Waals surface area contributed by atoms with Crippen molar-refractivity contribution in [3.8, 4) is 55.6 Å². The highest BCUT2D eigenvalue weighted by molar-refractivity contribution is 5.95. The molecule has 0 bridgehead atoms. The molecule has 4 aliphatic rings. The van der Waals surface area contributed by atoms with Gasteiger partial charge in [0.15, 0.2) is 0 Å². The molecule has 0 saturated carbocycles. The van der Waals surface area contributed by atoms with E-state index < -0.39 is 10.8 Å². The van der Waals surface area contributed by atoms with E-state index in [9.17, 15) is 0 Å². The summed E-state index contributed by atoms with van der Waals surface area (Å²) in [5.41, 5.74) is 28.4. The topological polar surface area (TPSA) is 3.24 Å². The number of benzene rings is 11. The predicted octanol–water partition coefficient (Wildman–Crippen LogP) is 17.8. The van der Waals surface area contributed by atoms with Gasteiger partial charge in [0, 0.05) is 22.5 Å². The summed E-state index contributed by atoms with van der Waals surface area (Å²) < 4.78 is 0. The Bertz CT molecular complexity index is 3940. The molecule has 0 fully saturated rings. The second-order valence-electron chi connectivity index (χ2n) is 20.7. The van der Waals surface area contributed by atoms with Crippen LogP contribution >= 0.6 is 0 Å². The summed E-state index contributed by atoms with van der Waals surface area (Å²) in [6.45, 7) is 4.74. The number of rotatable bonds is 5. The molecule has 0 heterocycles. The summed E-state index contributed by atoms with van der Waals surface area (Å²) in [7, 11) is 0. The van der Waals surface area contributed by atoms with Gasteiger partial charge in [-0.3, -0.25) is 0 Å². The van der Waals surface area contributed by atoms with Crippen LogP contribution in [0.4, 0.5) is 17.1 Å². The van der Waals surface area contributed by atoms with Crippen molar-refractivity contribution in [1.29, 1.82) is 0 Å². The van der Waals surface area contributed by atoms with Crippen molar-refractivity contribution < 1.29 is 0 Å². The van der Waals surface area contributed by atoms with Crippen molar-refractivity contribution in [3.63, 3.8) is 0 Å². The second kappa shape index (κ2) is 15.1. The Morgan fingerprint density at radius 1 is 0.222 bits per heavy atom. The SMILES string of the molecule is CC1(C)c2ccccc2-c2ccc(N(c3cccc(-c4ccccc4)c3)c3cccc(-c4ccc5c(c4)-c4ccccc4C54c5ccccc5C5(c6ccccc6-c6ccccc65)c5ccccc54)c3)cc21. The molecule has 0 atom stereocenters. The fourth-order valence-electron chi connectivity index (χ4n) is 14.0. The van der Waals surface area contributed by atoms with Gasteiger partial charge in [-0.15, -0.1) is 0 Å². The van der Waals surface area contributed by atoms with Crippen molar-refractivity contribution in [1.82, 2.24) is 0 Å². The summed E-state index contributed by atoms with van der Waals surface area (Å²) >= 11 is 0. The van der Waals surface area contributed by atoms with Gasteiger partial charge in [-0.1, -0.05) is 232 Å². The summed E-state index contributed by atoms with van der Waals surface area (Å²) in [6, 6.07) is 98.5. The number of hydrogen-bond acceptors (Lipinski definition) is 1. The van der Waals surface area contributed by atoms with E-state index in [0.29, 0.717) is 0 Å². The maximum absolute atomic E-state index is 2.48. The van der Waals surface area contributed by atoms with Crippen LogP contribution in [0.1, 0.15) is 69.5 Å². The highest BCUT2D eigenvalue weighted by Gasteiger charge is 2.58. The molecule has 11 aromatic carbocycles. The van der Waals surface area contributed by atoms with E-state index in [0.717, 1.165) is 17.1 Å². The third kappa shape index (κ3) is 5.38.